The second-order valence-corrected chi connectivity index (χ2v) is 7.09. The third kappa shape index (κ3) is 3.96. The maximum absolute atomic E-state index is 13.2. The molecule has 0 bridgehead atoms. The van der Waals surface area contributed by atoms with Gasteiger partial charge in [0.2, 0.25) is 5.91 Å². The number of nitrogens with zero attached hydrogens (tertiary/aromatic N) is 3. The molecule has 1 N–H and O–H groups in total. The predicted octanol–water partition coefficient (Wildman–Crippen LogP) is 2.91. The van der Waals surface area contributed by atoms with Crippen molar-refractivity contribution >= 4 is 16.7 Å². The van der Waals surface area contributed by atoms with Crippen molar-refractivity contribution in [2.75, 3.05) is 20.3 Å². The summed E-state index contributed by atoms with van der Waals surface area (Å²) in [5, 5.41) is 8.73. The Labute approximate surface area is 170 Å². The number of nitrogens with one attached hydrogen (secondary N) is 1. The zero-order valence-electron chi connectivity index (χ0n) is 17.4. The van der Waals surface area contributed by atoms with E-state index in [0.717, 1.165) is 23.2 Å². The number of rotatable bonds is 8. The van der Waals surface area contributed by atoms with Crippen molar-refractivity contribution in [2.45, 2.75) is 39.7 Å². The van der Waals surface area contributed by atoms with E-state index in [1.807, 2.05) is 55.7 Å². The van der Waals surface area contributed by atoms with E-state index in [2.05, 4.69) is 10.4 Å². The smallest absolute Gasteiger partial charge is 0.281 e. The van der Waals surface area contributed by atoms with Crippen LogP contribution in [0.2, 0.25) is 0 Å². The highest BCUT2D eigenvalue weighted by Crippen LogP contribution is 2.27. The number of ether oxygens (including phenoxy) is 1. The molecule has 1 aromatic carbocycles. The standard InChI is InChI=1S/C22H28N4O3/c1-5-19(21(27)23-12-9-13-29-4)25-15(2)18-14-24-26(17-10-7-6-8-11-17)22(28)20(18)16(25)3/h6-8,10-11,14,19H,5,9,12-13H2,1-4H3,(H,23,27). The summed E-state index contributed by atoms with van der Waals surface area (Å²) < 4.78 is 8.41. The SMILES string of the molecule is CCC(C(=O)NCCCOC)n1c(C)c2cnn(-c3ccccc3)c(=O)c2c1C. The number of carbonyl (C=O) groups is 1. The summed E-state index contributed by atoms with van der Waals surface area (Å²) in [4.78, 5) is 26.0. The van der Waals surface area contributed by atoms with Crippen LogP contribution >= 0.6 is 0 Å². The summed E-state index contributed by atoms with van der Waals surface area (Å²) >= 11 is 0. The van der Waals surface area contributed by atoms with E-state index in [-0.39, 0.29) is 17.5 Å². The van der Waals surface area contributed by atoms with E-state index in [0.29, 0.717) is 30.6 Å². The zero-order chi connectivity index (χ0) is 21.0. The molecule has 29 heavy (non-hydrogen) atoms. The van der Waals surface area contributed by atoms with Crippen LogP contribution in [0, 0.1) is 13.8 Å². The molecular weight excluding hydrogens is 368 g/mol. The highest BCUT2D eigenvalue weighted by Gasteiger charge is 2.25. The second-order valence-electron chi connectivity index (χ2n) is 7.09. The van der Waals surface area contributed by atoms with Crippen molar-refractivity contribution in [3.05, 3.63) is 58.3 Å². The molecule has 154 valence electrons. The Hall–Kier alpha value is -2.93. The van der Waals surface area contributed by atoms with Crippen LogP contribution in [0.5, 0.6) is 0 Å². The van der Waals surface area contributed by atoms with Crippen LogP contribution in [0.4, 0.5) is 0 Å². The van der Waals surface area contributed by atoms with Crippen LogP contribution < -0.4 is 10.9 Å². The van der Waals surface area contributed by atoms with Crippen molar-refractivity contribution in [1.29, 1.82) is 0 Å². The van der Waals surface area contributed by atoms with Crippen LogP contribution in [-0.2, 0) is 9.53 Å². The van der Waals surface area contributed by atoms with E-state index >= 15 is 0 Å². The van der Waals surface area contributed by atoms with Gasteiger partial charge >= 0.3 is 0 Å². The van der Waals surface area contributed by atoms with Gasteiger partial charge in [-0.2, -0.15) is 9.78 Å². The minimum Gasteiger partial charge on any atom is -0.385 e. The van der Waals surface area contributed by atoms with Crippen LogP contribution in [-0.4, -0.2) is 40.5 Å². The molecular formula is C22H28N4O3. The summed E-state index contributed by atoms with van der Waals surface area (Å²) in [6, 6.07) is 8.96. The van der Waals surface area contributed by atoms with E-state index in [1.165, 1.54) is 4.68 Å². The van der Waals surface area contributed by atoms with Gasteiger partial charge in [0.25, 0.3) is 5.56 Å². The number of amides is 1. The lowest BCUT2D eigenvalue weighted by atomic mass is 10.2. The molecule has 7 nitrogen and oxygen atoms in total. The van der Waals surface area contributed by atoms with Crippen molar-refractivity contribution in [1.82, 2.24) is 19.7 Å². The number of hydrogen-bond donors (Lipinski definition) is 1. The van der Waals surface area contributed by atoms with Gasteiger partial charge < -0.3 is 14.6 Å². The molecule has 0 radical (unpaired) electrons. The highest BCUT2D eigenvalue weighted by atomic mass is 16.5. The van der Waals surface area contributed by atoms with Gasteiger partial charge in [-0.1, -0.05) is 25.1 Å². The topological polar surface area (TPSA) is 78.2 Å². The lowest BCUT2D eigenvalue weighted by Gasteiger charge is -2.20. The molecule has 3 aromatic rings. The molecule has 1 atom stereocenters. The van der Waals surface area contributed by atoms with Crippen LogP contribution in [0.3, 0.4) is 0 Å². The molecule has 7 heteroatoms. The summed E-state index contributed by atoms with van der Waals surface area (Å²) in [7, 11) is 1.64. The van der Waals surface area contributed by atoms with Gasteiger partial charge in [0.1, 0.15) is 6.04 Å². The molecule has 0 aliphatic rings. The first-order valence-electron chi connectivity index (χ1n) is 9.92. The Morgan fingerprint density at radius 3 is 2.59 bits per heavy atom. The Kier molecular flexibility index (Phi) is 6.49. The number of carbonyl (C=O) groups excluding carboxylic acids is 1. The molecule has 0 aliphatic heterocycles. The van der Waals surface area contributed by atoms with Gasteiger partial charge in [0.15, 0.2) is 0 Å². The fourth-order valence-corrected chi connectivity index (χ4v) is 3.83. The maximum atomic E-state index is 13.2. The first kappa shape index (κ1) is 20.8. The molecule has 0 fully saturated rings. The second kappa shape index (κ2) is 9.05. The van der Waals surface area contributed by atoms with Crippen LogP contribution in [0.1, 0.15) is 37.2 Å². The van der Waals surface area contributed by atoms with Crippen LogP contribution in [0.15, 0.2) is 41.3 Å². The molecule has 0 saturated carbocycles. The largest absolute Gasteiger partial charge is 0.385 e. The number of aryl methyl sites for hydroxylation is 2. The van der Waals surface area contributed by atoms with E-state index < -0.39 is 0 Å². The van der Waals surface area contributed by atoms with Gasteiger partial charge in [-0.3, -0.25) is 9.59 Å². The van der Waals surface area contributed by atoms with E-state index in [9.17, 15) is 9.59 Å². The molecule has 1 unspecified atom stereocenters. The minimum atomic E-state index is -0.380. The Morgan fingerprint density at radius 1 is 1.21 bits per heavy atom. The van der Waals surface area contributed by atoms with Gasteiger partial charge in [0.05, 0.1) is 17.3 Å². The lowest BCUT2D eigenvalue weighted by Crippen LogP contribution is -2.34. The quantitative estimate of drug-likeness (QED) is 0.594. The lowest BCUT2D eigenvalue weighted by molar-refractivity contribution is -0.124. The monoisotopic (exact) mass is 396 g/mol. The molecule has 0 spiro atoms. The number of aromatic nitrogens is 3. The fourth-order valence-electron chi connectivity index (χ4n) is 3.83. The molecule has 0 aliphatic carbocycles. The van der Waals surface area contributed by atoms with Crippen LogP contribution in [0.25, 0.3) is 16.5 Å². The Balaban J connectivity index is 2.04. The molecule has 0 saturated heterocycles. The normalized spacial score (nSPS) is 12.3. The third-order valence-corrected chi connectivity index (χ3v) is 5.28. The summed E-state index contributed by atoms with van der Waals surface area (Å²) in [5.41, 5.74) is 2.20. The van der Waals surface area contributed by atoms with Gasteiger partial charge in [-0.05, 0) is 38.8 Å². The average Bonchev–Trinajstić information content (AvgIpc) is 2.98. The van der Waals surface area contributed by atoms with E-state index in [4.69, 9.17) is 4.74 Å². The van der Waals surface area contributed by atoms with E-state index in [1.54, 1.807) is 13.3 Å². The number of fused-ring (bicyclic) bond motifs is 1. The number of methoxy groups -OCH3 is 1. The summed E-state index contributed by atoms with van der Waals surface area (Å²) in [6.45, 7) is 6.97. The molecule has 2 heterocycles. The van der Waals surface area contributed by atoms with Crippen molar-refractivity contribution in [3.8, 4) is 5.69 Å². The first-order chi connectivity index (χ1) is 14.0. The van der Waals surface area contributed by atoms with Crippen molar-refractivity contribution in [3.63, 3.8) is 0 Å². The van der Waals surface area contributed by atoms with Gasteiger partial charge in [-0.25, -0.2) is 0 Å². The maximum Gasteiger partial charge on any atom is 0.281 e. The summed E-state index contributed by atoms with van der Waals surface area (Å²) in [6.07, 6.45) is 3.10. The fraction of sp³-hybridized carbons (Fsp3) is 0.409. The molecule has 3 rings (SSSR count). The predicted molar refractivity (Wildman–Crippen MR) is 114 cm³/mol. The first-order valence-corrected chi connectivity index (χ1v) is 9.92. The zero-order valence-corrected chi connectivity index (χ0v) is 17.4. The van der Waals surface area contributed by atoms with Gasteiger partial charge in [-0.15, -0.1) is 0 Å². The van der Waals surface area contributed by atoms with Crippen molar-refractivity contribution in [2.24, 2.45) is 0 Å². The molecule has 2 aromatic heterocycles. The molecule has 1 amide bonds. The number of para-hydroxylation sites is 1. The third-order valence-electron chi connectivity index (χ3n) is 5.28. The van der Waals surface area contributed by atoms with Crippen molar-refractivity contribution < 1.29 is 9.53 Å². The number of hydrogen-bond acceptors (Lipinski definition) is 4. The Morgan fingerprint density at radius 2 is 1.93 bits per heavy atom. The van der Waals surface area contributed by atoms with Gasteiger partial charge in [0, 0.05) is 37.0 Å². The minimum absolute atomic E-state index is 0.0496. The Bertz CT molecular complexity index is 1050. The summed E-state index contributed by atoms with van der Waals surface area (Å²) in [5.74, 6) is -0.0496. The number of benzene rings is 1. The average molecular weight is 396 g/mol. The highest BCUT2D eigenvalue weighted by molar-refractivity contribution is 5.89.